The number of carbonyl (C=O) groups is 1. The largest absolute Gasteiger partial charge is 0.493 e. The van der Waals surface area contributed by atoms with Gasteiger partial charge in [0, 0.05) is 16.5 Å². The number of aryl methyl sites for hydroxylation is 1. The van der Waals surface area contributed by atoms with E-state index >= 15 is 0 Å². The van der Waals surface area contributed by atoms with Crippen molar-refractivity contribution < 1.29 is 19.0 Å². The van der Waals surface area contributed by atoms with Gasteiger partial charge in [0.25, 0.3) is 0 Å². The molecule has 170 valence electrons. The van der Waals surface area contributed by atoms with Crippen LogP contribution in [0.1, 0.15) is 18.1 Å². The van der Waals surface area contributed by atoms with Crippen LogP contribution in [0.4, 0.5) is 10.1 Å². The van der Waals surface area contributed by atoms with Crippen LogP contribution in [0.25, 0.3) is 33.3 Å². The normalized spacial score (nSPS) is 10.6. The maximum Gasteiger partial charge on any atom is 0.322 e. The minimum absolute atomic E-state index is 0.154. The van der Waals surface area contributed by atoms with Crippen molar-refractivity contribution in [2.45, 2.75) is 13.8 Å². The standard InChI is InChI=1S/C27H22FN3O3/c1-3-34-24-7-5-4-6-20(24)19-10-8-17(12-16(19)2)26-22(14-29)27(30-15-25(32)33)21-13-18(28)9-11-23(21)31-26/h4-13H,3,15H2,1-2H3,(H,30,31)(H,32,33). The summed E-state index contributed by atoms with van der Waals surface area (Å²) in [6, 6.07) is 19.7. The summed E-state index contributed by atoms with van der Waals surface area (Å²) < 4.78 is 19.7. The van der Waals surface area contributed by atoms with Gasteiger partial charge >= 0.3 is 5.97 Å². The van der Waals surface area contributed by atoms with Gasteiger partial charge < -0.3 is 15.2 Å². The average molecular weight is 455 g/mol. The van der Waals surface area contributed by atoms with Crippen LogP contribution in [0.5, 0.6) is 5.75 Å². The number of para-hydroxylation sites is 1. The Morgan fingerprint density at radius 1 is 1.15 bits per heavy atom. The number of anilines is 1. The maximum absolute atomic E-state index is 14.0. The highest BCUT2D eigenvalue weighted by Crippen LogP contribution is 2.37. The number of nitriles is 1. The zero-order chi connectivity index (χ0) is 24.2. The third-order valence-corrected chi connectivity index (χ3v) is 5.45. The van der Waals surface area contributed by atoms with Gasteiger partial charge in [-0.05, 0) is 55.3 Å². The molecule has 6 nitrogen and oxygen atoms in total. The summed E-state index contributed by atoms with van der Waals surface area (Å²) in [7, 11) is 0. The Kier molecular flexibility index (Phi) is 6.42. The molecule has 0 atom stereocenters. The van der Waals surface area contributed by atoms with Crippen LogP contribution in [-0.4, -0.2) is 29.2 Å². The van der Waals surface area contributed by atoms with E-state index in [1.165, 1.54) is 18.2 Å². The first-order valence-corrected chi connectivity index (χ1v) is 10.7. The second-order valence-corrected chi connectivity index (χ2v) is 7.69. The highest BCUT2D eigenvalue weighted by atomic mass is 19.1. The molecule has 7 heteroatoms. The van der Waals surface area contributed by atoms with Crippen molar-refractivity contribution in [3.05, 3.63) is 77.6 Å². The minimum Gasteiger partial charge on any atom is -0.493 e. The lowest BCUT2D eigenvalue weighted by Gasteiger charge is -2.16. The molecule has 1 heterocycles. The van der Waals surface area contributed by atoms with Crippen molar-refractivity contribution >= 4 is 22.6 Å². The Morgan fingerprint density at radius 3 is 2.65 bits per heavy atom. The molecule has 0 saturated heterocycles. The van der Waals surface area contributed by atoms with E-state index in [1.54, 1.807) is 0 Å². The summed E-state index contributed by atoms with van der Waals surface area (Å²) in [6.45, 7) is 4.03. The maximum atomic E-state index is 14.0. The quantitative estimate of drug-likeness (QED) is 0.367. The molecule has 0 radical (unpaired) electrons. The van der Waals surface area contributed by atoms with Crippen molar-refractivity contribution in [2.24, 2.45) is 0 Å². The van der Waals surface area contributed by atoms with Crippen LogP contribution in [0.2, 0.25) is 0 Å². The van der Waals surface area contributed by atoms with Crippen molar-refractivity contribution in [2.75, 3.05) is 18.5 Å². The molecule has 1 aromatic heterocycles. The number of hydrogen-bond acceptors (Lipinski definition) is 5. The fourth-order valence-corrected chi connectivity index (χ4v) is 3.98. The molecular formula is C27H22FN3O3. The number of pyridine rings is 1. The second-order valence-electron chi connectivity index (χ2n) is 7.69. The van der Waals surface area contributed by atoms with Crippen molar-refractivity contribution in [1.29, 1.82) is 5.26 Å². The summed E-state index contributed by atoms with van der Waals surface area (Å²) >= 11 is 0. The van der Waals surface area contributed by atoms with Crippen molar-refractivity contribution in [1.82, 2.24) is 4.98 Å². The number of halogens is 1. The van der Waals surface area contributed by atoms with Gasteiger partial charge in [-0.2, -0.15) is 5.26 Å². The fourth-order valence-electron chi connectivity index (χ4n) is 3.98. The molecule has 0 aliphatic heterocycles. The highest BCUT2D eigenvalue weighted by Gasteiger charge is 2.19. The van der Waals surface area contributed by atoms with E-state index in [-0.39, 0.29) is 11.3 Å². The first-order chi connectivity index (χ1) is 16.4. The Bertz CT molecular complexity index is 1440. The fraction of sp³-hybridized carbons (Fsp3) is 0.148. The number of carboxylic acids is 1. The molecule has 0 saturated carbocycles. The van der Waals surface area contributed by atoms with Crippen molar-refractivity contribution in [3.8, 4) is 34.2 Å². The summed E-state index contributed by atoms with van der Waals surface area (Å²) in [5.41, 5.74) is 4.83. The van der Waals surface area contributed by atoms with Gasteiger partial charge in [0.2, 0.25) is 0 Å². The van der Waals surface area contributed by atoms with E-state index < -0.39 is 18.3 Å². The lowest BCUT2D eigenvalue weighted by atomic mass is 9.94. The molecule has 0 unspecified atom stereocenters. The van der Waals surface area contributed by atoms with Crippen LogP contribution in [0.15, 0.2) is 60.7 Å². The molecule has 0 aliphatic rings. The van der Waals surface area contributed by atoms with Gasteiger partial charge in [0.15, 0.2) is 0 Å². The molecule has 0 amide bonds. The van der Waals surface area contributed by atoms with E-state index in [1.807, 2.05) is 56.3 Å². The van der Waals surface area contributed by atoms with E-state index in [0.717, 1.165) is 22.4 Å². The molecule has 4 aromatic rings. The van der Waals surface area contributed by atoms with E-state index in [2.05, 4.69) is 16.4 Å². The number of hydrogen-bond donors (Lipinski definition) is 2. The first kappa shape index (κ1) is 22.7. The van der Waals surface area contributed by atoms with Gasteiger partial charge in [-0.3, -0.25) is 4.79 Å². The van der Waals surface area contributed by atoms with E-state index in [0.29, 0.717) is 28.8 Å². The smallest absolute Gasteiger partial charge is 0.322 e. The molecule has 4 rings (SSSR count). The summed E-state index contributed by atoms with van der Waals surface area (Å²) in [6.07, 6.45) is 0. The number of aliphatic carboxylic acids is 1. The third-order valence-electron chi connectivity index (χ3n) is 5.45. The molecule has 0 fully saturated rings. The predicted octanol–water partition coefficient (Wildman–Crippen LogP) is 5.78. The lowest BCUT2D eigenvalue weighted by Crippen LogP contribution is -2.14. The lowest BCUT2D eigenvalue weighted by molar-refractivity contribution is -0.134. The summed E-state index contributed by atoms with van der Waals surface area (Å²) in [4.78, 5) is 15.8. The molecule has 0 spiro atoms. The summed E-state index contributed by atoms with van der Waals surface area (Å²) in [5.74, 6) is -0.818. The monoisotopic (exact) mass is 455 g/mol. The number of carboxylic acid groups (broad SMARTS) is 1. The zero-order valence-electron chi connectivity index (χ0n) is 18.7. The molecular weight excluding hydrogens is 433 g/mol. The predicted molar refractivity (Wildman–Crippen MR) is 129 cm³/mol. The Hall–Kier alpha value is -4.44. The number of aromatic nitrogens is 1. The Balaban J connectivity index is 1.89. The van der Waals surface area contributed by atoms with Gasteiger partial charge in [0.1, 0.15) is 29.7 Å². The van der Waals surface area contributed by atoms with Crippen LogP contribution in [0.3, 0.4) is 0 Å². The van der Waals surface area contributed by atoms with Crippen LogP contribution < -0.4 is 10.1 Å². The van der Waals surface area contributed by atoms with Gasteiger partial charge in [0.05, 0.1) is 23.5 Å². The second kappa shape index (κ2) is 9.59. The van der Waals surface area contributed by atoms with Crippen LogP contribution in [-0.2, 0) is 4.79 Å². The zero-order valence-corrected chi connectivity index (χ0v) is 18.7. The average Bonchev–Trinajstić information content (AvgIpc) is 2.82. The number of rotatable bonds is 7. The highest BCUT2D eigenvalue weighted by molar-refractivity contribution is 5.99. The SMILES string of the molecule is CCOc1ccccc1-c1ccc(-c2nc3ccc(F)cc3c(NCC(=O)O)c2C#N)cc1C. The topological polar surface area (TPSA) is 95.2 Å². The van der Waals surface area contributed by atoms with Crippen LogP contribution in [0, 0.1) is 24.1 Å². The molecule has 34 heavy (non-hydrogen) atoms. The Morgan fingerprint density at radius 2 is 1.94 bits per heavy atom. The number of nitrogens with zero attached hydrogens (tertiary/aromatic N) is 2. The van der Waals surface area contributed by atoms with E-state index in [9.17, 15) is 14.4 Å². The Labute approximate surface area is 196 Å². The van der Waals surface area contributed by atoms with Gasteiger partial charge in [-0.25, -0.2) is 9.37 Å². The number of fused-ring (bicyclic) bond motifs is 1. The third kappa shape index (κ3) is 4.39. The first-order valence-electron chi connectivity index (χ1n) is 10.7. The molecule has 0 bridgehead atoms. The minimum atomic E-state index is -1.10. The van der Waals surface area contributed by atoms with E-state index in [4.69, 9.17) is 9.84 Å². The van der Waals surface area contributed by atoms with Crippen LogP contribution >= 0.6 is 0 Å². The summed E-state index contributed by atoms with van der Waals surface area (Å²) in [5, 5.41) is 22.2. The van der Waals surface area contributed by atoms with Crippen molar-refractivity contribution in [3.63, 3.8) is 0 Å². The number of benzene rings is 3. The van der Waals surface area contributed by atoms with Gasteiger partial charge in [-0.15, -0.1) is 0 Å². The number of ether oxygens (including phenoxy) is 1. The molecule has 0 aliphatic carbocycles. The molecule has 3 aromatic carbocycles. The molecule has 2 N–H and O–H groups in total. The van der Waals surface area contributed by atoms with Gasteiger partial charge in [-0.1, -0.05) is 30.3 Å². The number of nitrogens with one attached hydrogen (secondary N) is 1.